The average molecular weight is 332 g/mol. The van der Waals surface area contributed by atoms with Crippen molar-refractivity contribution in [2.45, 2.75) is 13.0 Å². The summed E-state index contributed by atoms with van der Waals surface area (Å²) in [5.74, 6) is 1.18. The van der Waals surface area contributed by atoms with Crippen molar-refractivity contribution in [1.29, 1.82) is 0 Å². The molecule has 0 bridgehead atoms. The Labute approximate surface area is 144 Å². The second-order valence-electron chi connectivity index (χ2n) is 5.75. The molecule has 0 aliphatic rings. The predicted molar refractivity (Wildman–Crippen MR) is 93.5 cm³/mol. The third kappa shape index (κ3) is 3.01. The summed E-state index contributed by atoms with van der Waals surface area (Å²) >= 11 is 0. The summed E-state index contributed by atoms with van der Waals surface area (Å²) in [7, 11) is 0. The Bertz CT molecular complexity index is 988. The van der Waals surface area contributed by atoms with Crippen LogP contribution in [0.5, 0.6) is 0 Å². The molecule has 0 saturated carbocycles. The van der Waals surface area contributed by atoms with Crippen LogP contribution >= 0.6 is 0 Å². The maximum Gasteiger partial charge on any atom is 0.252 e. The van der Waals surface area contributed by atoms with Gasteiger partial charge in [-0.25, -0.2) is 9.97 Å². The molecule has 1 aromatic carbocycles. The monoisotopic (exact) mass is 332 g/mol. The Morgan fingerprint density at radius 2 is 2.08 bits per heavy atom. The number of nitrogens with zero attached hydrogens (tertiary/aromatic N) is 3. The van der Waals surface area contributed by atoms with Crippen molar-refractivity contribution >= 4 is 16.9 Å². The number of hydrogen-bond acceptors (Lipinski definition) is 4. The van der Waals surface area contributed by atoms with Gasteiger partial charge < -0.3 is 9.73 Å². The van der Waals surface area contributed by atoms with Crippen molar-refractivity contribution in [2.75, 3.05) is 0 Å². The van der Waals surface area contributed by atoms with Crippen molar-refractivity contribution in [3.63, 3.8) is 0 Å². The van der Waals surface area contributed by atoms with Crippen molar-refractivity contribution in [3.8, 4) is 5.82 Å². The van der Waals surface area contributed by atoms with Gasteiger partial charge in [0.2, 0.25) is 0 Å². The molecule has 0 aliphatic carbocycles. The molecule has 1 amide bonds. The molecule has 6 heteroatoms. The van der Waals surface area contributed by atoms with Crippen LogP contribution < -0.4 is 5.32 Å². The number of amides is 1. The number of nitrogens with one attached hydrogen (secondary N) is 1. The minimum absolute atomic E-state index is 0.184. The summed E-state index contributed by atoms with van der Waals surface area (Å²) in [6.07, 6.45) is 6.69. The van der Waals surface area contributed by atoms with Crippen molar-refractivity contribution in [1.82, 2.24) is 19.9 Å². The first-order chi connectivity index (χ1) is 12.2. The van der Waals surface area contributed by atoms with Crippen LogP contribution in [0.3, 0.4) is 0 Å². The van der Waals surface area contributed by atoms with E-state index in [0.29, 0.717) is 11.4 Å². The summed E-state index contributed by atoms with van der Waals surface area (Å²) in [5.41, 5.74) is 1.34. The van der Waals surface area contributed by atoms with Crippen LogP contribution in [0.15, 0.2) is 71.8 Å². The maximum absolute atomic E-state index is 12.6. The standard InChI is InChI=1S/C19H16N4O2/c1-13(17-10-14-4-2-3-5-16(14)25-17)22-19(24)15-6-7-21-18(11-15)23-9-8-20-12-23/h2-13H,1H3,(H,22,24). The number of hydrogen-bond donors (Lipinski definition) is 1. The number of carbonyl (C=O) groups excluding carboxylic acids is 1. The minimum atomic E-state index is -0.246. The molecule has 1 unspecified atom stereocenters. The molecule has 1 N–H and O–H groups in total. The van der Waals surface area contributed by atoms with Gasteiger partial charge in [0.15, 0.2) is 0 Å². The molecule has 3 heterocycles. The fourth-order valence-electron chi connectivity index (χ4n) is 2.66. The molecular weight excluding hydrogens is 316 g/mol. The molecule has 4 rings (SSSR count). The highest BCUT2D eigenvalue weighted by atomic mass is 16.3. The molecule has 6 nitrogen and oxygen atoms in total. The van der Waals surface area contributed by atoms with Crippen LogP contribution in [0, 0.1) is 0 Å². The van der Waals surface area contributed by atoms with Gasteiger partial charge in [-0.15, -0.1) is 0 Å². The Morgan fingerprint density at radius 1 is 1.20 bits per heavy atom. The van der Waals surface area contributed by atoms with E-state index in [4.69, 9.17) is 4.42 Å². The Kier molecular flexibility index (Phi) is 3.78. The Balaban J connectivity index is 1.54. The number of fused-ring (bicyclic) bond motifs is 1. The summed E-state index contributed by atoms with van der Waals surface area (Å²) in [4.78, 5) is 20.8. The van der Waals surface area contributed by atoms with E-state index in [2.05, 4.69) is 15.3 Å². The topological polar surface area (TPSA) is 73.0 Å². The molecule has 4 aromatic rings. The molecule has 124 valence electrons. The van der Waals surface area contributed by atoms with E-state index in [1.807, 2.05) is 37.3 Å². The lowest BCUT2D eigenvalue weighted by atomic mass is 10.2. The molecule has 3 aromatic heterocycles. The third-order valence-electron chi connectivity index (χ3n) is 4.00. The maximum atomic E-state index is 12.6. The van der Waals surface area contributed by atoms with E-state index < -0.39 is 0 Å². The first-order valence-corrected chi connectivity index (χ1v) is 7.94. The van der Waals surface area contributed by atoms with Gasteiger partial charge in [0, 0.05) is 29.5 Å². The zero-order valence-electron chi connectivity index (χ0n) is 13.6. The molecule has 0 spiro atoms. The van der Waals surface area contributed by atoms with E-state index in [1.54, 1.807) is 41.6 Å². The van der Waals surface area contributed by atoms with Gasteiger partial charge in [-0.2, -0.15) is 0 Å². The number of furan rings is 1. The number of rotatable bonds is 4. The molecule has 0 saturated heterocycles. The Hall–Kier alpha value is -3.41. The number of benzene rings is 1. The lowest BCUT2D eigenvalue weighted by Gasteiger charge is -2.12. The van der Waals surface area contributed by atoms with Gasteiger partial charge in [0.1, 0.15) is 23.5 Å². The second kappa shape index (κ2) is 6.24. The van der Waals surface area contributed by atoms with Crippen molar-refractivity contribution in [3.05, 3.63) is 78.7 Å². The molecule has 0 fully saturated rings. The zero-order valence-corrected chi connectivity index (χ0v) is 13.6. The first-order valence-electron chi connectivity index (χ1n) is 7.94. The summed E-state index contributed by atoms with van der Waals surface area (Å²) in [6, 6.07) is 12.9. The highest BCUT2D eigenvalue weighted by Crippen LogP contribution is 2.23. The van der Waals surface area contributed by atoms with Crippen molar-refractivity contribution < 1.29 is 9.21 Å². The number of pyridine rings is 1. The van der Waals surface area contributed by atoms with Gasteiger partial charge >= 0.3 is 0 Å². The van der Waals surface area contributed by atoms with Crippen LogP contribution in [-0.2, 0) is 0 Å². The fourth-order valence-corrected chi connectivity index (χ4v) is 2.66. The summed E-state index contributed by atoms with van der Waals surface area (Å²) in [5, 5.41) is 3.98. The van der Waals surface area contributed by atoms with E-state index in [0.717, 1.165) is 16.7 Å². The highest BCUT2D eigenvalue weighted by molar-refractivity contribution is 5.94. The van der Waals surface area contributed by atoms with E-state index in [9.17, 15) is 4.79 Å². The van der Waals surface area contributed by atoms with Gasteiger partial charge in [0.05, 0.1) is 6.04 Å². The first kappa shape index (κ1) is 15.1. The van der Waals surface area contributed by atoms with E-state index in [-0.39, 0.29) is 11.9 Å². The SMILES string of the molecule is CC(NC(=O)c1ccnc(-n2ccnc2)c1)c1cc2ccccc2o1. The predicted octanol–water partition coefficient (Wildman–Crippen LogP) is 3.50. The number of carbonyl (C=O) groups is 1. The summed E-state index contributed by atoms with van der Waals surface area (Å²) in [6.45, 7) is 1.90. The van der Waals surface area contributed by atoms with Crippen LogP contribution in [0.1, 0.15) is 29.1 Å². The van der Waals surface area contributed by atoms with Gasteiger partial charge in [-0.05, 0) is 31.2 Å². The Morgan fingerprint density at radius 3 is 2.88 bits per heavy atom. The molecule has 0 aliphatic heterocycles. The largest absolute Gasteiger partial charge is 0.459 e. The number of imidazole rings is 1. The van der Waals surface area contributed by atoms with Crippen LogP contribution in [0.2, 0.25) is 0 Å². The molecular formula is C19H16N4O2. The van der Waals surface area contributed by atoms with Crippen LogP contribution in [-0.4, -0.2) is 20.4 Å². The lowest BCUT2D eigenvalue weighted by molar-refractivity contribution is 0.0935. The quantitative estimate of drug-likeness (QED) is 0.621. The van der Waals surface area contributed by atoms with Crippen LogP contribution in [0.25, 0.3) is 16.8 Å². The normalized spacial score (nSPS) is 12.2. The number of para-hydroxylation sites is 1. The third-order valence-corrected chi connectivity index (χ3v) is 4.00. The number of aromatic nitrogens is 3. The second-order valence-corrected chi connectivity index (χ2v) is 5.75. The van der Waals surface area contributed by atoms with Gasteiger partial charge in [-0.1, -0.05) is 18.2 Å². The van der Waals surface area contributed by atoms with Gasteiger partial charge in [-0.3, -0.25) is 9.36 Å². The lowest BCUT2D eigenvalue weighted by Crippen LogP contribution is -2.26. The summed E-state index contributed by atoms with van der Waals surface area (Å²) < 4.78 is 7.56. The molecule has 1 atom stereocenters. The smallest absolute Gasteiger partial charge is 0.252 e. The van der Waals surface area contributed by atoms with E-state index in [1.165, 1.54) is 0 Å². The highest BCUT2D eigenvalue weighted by Gasteiger charge is 2.16. The zero-order chi connectivity index (χ0) is 17.2. The van der Waals surface area contributed by atoms with Gasteiger partial charge in [0.25, 0.3) is 5.91 Å². The average Bonchev–Trinajstić information content (AvgIpc) is 3.31. The minimum Gasteiger partial charge on any atom is -0.459 e. The van der Waals surface area contributed by atoms with Crippen LogP contribution in [0.4, 0.5) is 0 Å². The molecule has 25 heavy (non-hydrogen) atoms. The molecule has 0 radical (unpaired) electrons. The van der Waals surface area contributed by atoms with E-state index >= 15 is 0 Å². The van der Waals surface area contributed by atoms with Crippen molar-refractivity contribution in [2.24, 2.45) is 0 Å². The fraction of sp³-hybridized carbons (Fsp3) is 0.105.